The Morgan fingerprint density at radius 2 is 2.23 bits per heavy atom. The Bertz CT molecular complexity index is 276. The van der Waals surface area contributed by atoms with E-state index >= 15 is 0 Å². The molecule has 72 valence electrons. The van der Waals surface area contributed by atoms with Gasteiger partial charge in [-0.1, -0.05) is 19.1 Å². The number of hydrogen-bond donors (Lipinski definition) is 1. The van der Waals surface area contributed by atoms with Gasteiger partial charge in [-0.15, -0.1) is 0 Å². The third-order valence-electron chi connectivity index (χ3n) is 1.77. The highest BCUT2D eigenvalue weighted by Gasteiger charge is 2.03. The fourth-order valence-electron chi connectivity index (χ4n) is 1.08. The van der Waals surface area contributed by atoms with Crippen LogP contribution in [0.5, 0.6) is 0 Å². The Kier molecular flexibility index (Phi) is 4.39. The minimum atomic E-state index is -0.161. The summed E-state index contributed by atoms with van der Waals surface area (Å²) in [6.07, 6.45) is 1.07. The van der Waals surface area contributed by atoms with Crippen LogP contribution in [-0.4, -0.2) is 6.54 Å². The van der Waals surface area contributed by atoms with E-state index in [0.717, 1.165) is 13.0 Å². The van der Waals surface area contributed by atoms with Gasteiger partial charge in [0, 0.05) is 12.1 Å². The fourth-order valence-corrected chi connectivity index (χ4v) is 1.49. The van der Waals surface area contributed by atoms with Gasteiger partial charge in [-0.25, -0.2) is 4.39 Å². The van der Waals surface area contributed by atoms with Crippen LogP contribution in [0.1, 0.15) is 18.9 Å². The minimum Gasteiger partial charge on any atom is -0.313 e. The van der Waals surface area contributed by atoms with Crippen molar-refractivity contribution in [1.29, 1.82) is 0 Å². The van der Waals surface area contributed by atoms with Gasteiger partial charge < -0.3 is 5.32 Å². The Morgan fingerprint density at radius 3 is 2.92 bits per heavy atom. The summed E-state index contributed by atoms with van der Waals surface area (Å²) in [5.74, 6) is -0.161. The standard InChI is InChI=1S/C10H13BrFN/c1-2-6-13-7-8-4-3-5-9(11)10(8)12/h3-5,13H,2,6-7H2,1H3. The lowest BCUT2D eigenvalue weighted by Crippen LogP contribution is -2.14. The second-order valence-electron chi connectivity index (χ2n) is 2.89. The molecule has 0 saturated heterocycles. The first-order valence-electron chi connectivity index (χ1n) is 4.39. The molecule has 1 aromatic rings. The van der Waals surface area contributed by atoms with Crippen molar-refractivity contribution in [2.24, 2.45) is 0 Å². The average Bonchev–Trinajstić information content (AvgIpc) is 2.13. The maximum absolute atomic E-state index is 13.3. The molecule has 0 bridgehead atoms. The highest BCUT2D eigenvalue weighted by molar-refractivity contribution is 9.10. The monoisotopic (exact) mass is 245 g/mol. The van der Waals surface area contributed by atoms with Gasteiger partial charge in [0.2, 0.25) is 0 Å². The van der Waals surface area contributed by atoms with Crippen molar-refractivity contribution in [3.8, 4) is 0 Å². The van der Waals surface area contributed by atoms with Gasteiger partial charge >= 0.3 is 0 Å². The quantitative estimate of drug-likeness (QED) is 0.805. The van der Waals surface area contributed by atoms with Crippen molar-refractivity contribution in [2.45, 2.75) is 19.9 Å². The van der Waals surface area contributed by atoms with E-state index in [-0.39, 0.29) is 5.82 Å². The van der Waals surface area contributed by atoms with E-state index in [4.69, 9.17) is 0 Å². The van der Waals surface area contributed by atoms with Crippen molar-refractivity contribution in [3.05, 3.63) is 34.1 Å². The molecule has 0 radical (unpaired) electrons. The Balaban J connectivity index is 2.61. The summed E-state index contributed by atoms with van der Waals surface area (Å²) in [4.78, 5) is 0. The second-order valence-corrected chi connectivity index (χ2v) is 3.74. The number of nitrogens with one attached hydrogen (secondary N) is 1. The molecule has 1 N–H and O–H groups in total. The number of rotatable bonds is 4. The van der Waals surface area contributed by atoms with Crippen molar-refractivity contribution in [1.82, 2.24) is 5.32 Å². The maximum atomic E-state index is 13.3. The van der Waals surface area contributed by atoms with E-state index in [0.29, 0.717) is 16.6 Å². The van der Waals surface area contributed by atoms with E-state index in [2.05, 4.69) is 28.2 Å². The molecule has 0 amide bonds. The average molecular weight is 246 g/mol. The first-order valence-corrected chi connectivity index (χ1v) is 5.18. The van der Waals surface area contributed by atoms with Gasteiger partial charge in [0.1, 0.15) is 5.82 Å². The van der Waals surface area contributed by atoms with Crippen LogP contribution in [0.3, 0.4) is 0 Å². The molecule has 1 rings (SSSR count). The predicted octanol–water partition coefficient (Wildman–Crippen LogP) is 3.09. The van der Waals surface area contributed by atoms with Gasteiger partial charge in [0.25, 0.3) is 0 Å². The zero-order chi connectivity index (χ0) is 9.68. The maximum Gasteiger partial charge on any atom is 0.141 e. The summed E-state index contributed by atoms with van der Waals surface area (Å²) in [5.41, 5.74) is 0.711. The molecular formula is C10H13BrFN. The zero-order valence-electron chi connectivity index (χ0n) is 7.61. The second kappa shape index (κ2) is 5.35. The smallest absolute Gasteiger partial charge is 0.141 e. The molecular weight excluding hydrogens is 233 g/mol. The number of hydrogen-bond acceptors (Lipinski definition) is 1. The van der Waals surface area contributed by atoms with Crippen LogP contribution in [0.2, 0.25) is 0 Å². The predicted molar refractivity (Wildman–Crippen MR) is 56.1 cm³/mol. The molecule has 3 heteroatoms. The van der Waals surface area contributed by atoms with Crippen LogP contribution in [0.4, 0.5) is 4.39 Å². The van der Waals surface area contributed by atoms with Gasteiger partial charge in [-0.2, -0.15) is 0 Å². The van der Waals surface area contributed by atoms with Gasteiger partial charge in [0.15, 0.2) is 0 Å². The molecule has 0 spiro atoms. The van der Waals surface area contributed by atoms with Crippen molar-refractivity contribution in [3.63, 3.8) is 0 Å². The highest BCUT2D eigenvalue weighted by Crippen LogP contribution is 2.18. The molecule has 0 aliphatic heterocycles. The first kappa shape index (κ1) is 10.7. The number of benzene rings is 1. The summed E-state index contributed by atoms with van der Waals surface area (Å²) in [6, 6.07) is 5.34. The van der Waals surface area contributed by atoms with Gasteiger partial charge in [0.05, 0.1) is 4.47 Å². The zero-order valence-corrected chi connectivity index (χ0v) is 9.20. The largest absolute Gasteiger partial charge is 0.313 e. The lowest BCUT2D eigenvalue weighted by molar-refractivity contribution is 0.581. The summed E-state index contributed by atoms with van der Waals surface area (Å²) < 4.78 is 13.9. The fraction of sp³-hybridized carbons (Fsp3) is 0.400. The van der Waals surface area contributed by atoms with E-state index in [9.17, 15) is 4.39 Å². The Hall–Kier alpha value is -0.410. The Labute approximate surface area is 86.5 Å². The van der Waals surface area contributed by atoms with E-state index < -0.39 is 0 Å². The molecule has 13 heavy (non-hydrogen) atoms. The molecule has 1 nitrogen and oxygen atoms in total. The molecule has 0 fully saturated rings. The summed E-state index contributed by atoms with van der Waals surface area (Å²) >= 11 is 3.15. The lowest BCUT2D eigenvalue weighted by Gasteiger charge is -2.05. The third kappa shape index (κ3) is 3.08. The van der Waals surface area contributed by atoms with Crippen LogP contribution < -0.4 is 5.32 Å². The molecule has 0 saturated carbocycles. The van der Waals surface area contributed by atoms with Crippen LogP contribution in [0, 0.1) is 5.82 Å². The third-order valence-corrected chi connectivity index (χ3v) is 2.39. The topological polar surface area (TPSA) is 12.0 Å². The minimum absolute atomic E-state index is 0.161. The van der Waals surface area contributed by atoms with Gasteiger partial charge in [-0.05, 0) is 35.0 Å². The van der Waals surface area contributed by atoms with Crippen molar-refractivity contribution in [2.75, 3.05) is 6.54 Å². The van der Waals surface area contributed by atoms with Crippen LogP contribution in [0.15, 0.2) is 22.7 Å². The molecule has 0 aliphatic rings. The van der Waals surface area contributed by atoms with Crippen LogP contribution in [-0.2, 0) is 6.54 Å². The van der Waals surface area contributed by atoms with E-state index in [1.165, 1.54) is 0 Å². The van der Waals surface area contributed by atoms with Gasteiger partial charge in [-0.3, -0.25) is 0 Å². The van der Waals surface area contributed by atoms with Crippen molar-refractivity contribution < 1.29 is 4.39 Å². The molecule has 0 heterocycles. The van der Waals surface area contributed by atoms with E-state index in [1.54, 1.807) is 12.1 Å². The molecule has 0 atom stereocenters. The molecule has 0 aromatic heterocycles. The summed E-state index contributed by atoms with van der Waals surface area (Å²) in [5, 5.41) is 3.16. The number of halogens is 2. The summed E-state index contributed by atoms with van der Waals surface area (Å²) in [7, 11) is 0. The molecule has 0 aliphatic carbocycles. The van der Waals surface area contributed by atoms with Crippen LogP contribution in [0.25, 0.3) is 0 Å². The SMILES string of the molecule is CCCNCc1cccc(Br)c1F. The lowest BCUT2D eigenvalue weighted by atomic mass is 10.2. The van der Waals surface area contributed by atoms with E-state index in [1.807, 2.05) is 6.07 Å². The van der Waals surface area contributed by atoms with Crippen molar-refractivity contribution >= 4 is 15.9 Å². The molecule has 0 unspecified atom stereocenters. The molecule has 1 aromatic carbocycles. The summed E-state index contributed by atoms with van der Waals surface area (Å²) in [6.45, 7) is 3.61. The normalized spacial score (nSPS) is 10.4. The van der Waals surface area contributed by atoms with Crippen LogP contribution >= 0.6 is 15.9 Å². The first-order chi connectivity index (χ1) is 6.25. The Morgan fingerprint density at radius 1 is 1.46 bits per heavy atom. The highest BCUT2D eigenvalue weighted by atomic mass is 79.9.